The lowest BCUT2D eigenvalue weighted by Gasteiger charge is -2.15. The van der Waals surface area contributed by atoms with Crippen molar-refractivity contribution in [2.75, 3.05) is 0 Å². The fourth-order valence-corrected chi connectivity index (χ4v) is 1.80. The number of carboxylic acid groups (broad SMARTS) is 1. The van der Waals surface area contributed by atoms with Crippen molar-refractivity contribution in [3.63, 3.8) is 0 Å². The first-order valence-corrected chi connectivity index (χ1v) is 6.28. The van der Waals surface area contributed by atoms with Gasteiger partial charge in [-0.15, -0.1) is 0 Å². The molecular formula is C11H12ClN3O5. The summed E-state index contributed by atoms with van der Waals surface area (Å²) in [5.74, 6) is -1.76. The van der Waals surface area contributed by atoms with E-state index < -0.39 is 23.3 Å². The molecule has 108 valence electrons. The van der Waals surface area contributed by atoms with Crippen LogP contribution in [0.4, 0.5) is 0 Å². The molecule has 0 saturated heterocycles. The van der Waals surface area contributed by atoms with Gasteiger partial charge in [0.05, 0.1) is 6.54 Å². The van der Waals surface area contributed by atoms with Crippen molar-refractivity contribution in [3.05, 3.63) is 32.1 Å². The van der Waals surface area contributed by atoms with Crippen molar-refractivity contribution in [1.82, 2.24) is 14.9 Å². The molecule has 1 aliphatic rings. The van der Waals surface area contributed by atoms with Crippen LogP contribution in [0.3, 0.4) is 0 Å². The number of amides is 1. The first kappa shape index (κ1) is 14.3. The van der Waals surface area contributed by atoms with Gasteiger partial charge in [0.15, 0.2) is 0 Å². The SMILES string of the molecule is O=C(N[C@@H](Cn1cc(Cl)c(=O)[nH]c1=O)C(=O)O)C1CC1. The molecule has 0 aliphatic heterocycles. The van der Waals surface area contributed by atoms with Gasteiger partial charge in [-0.1, -0.05) is 11.6 Å². The Hall–Kier alpha value is -2.09. The van der Waals surface area contributed by atoms with Gasteiger partial charge in [-0.25, -0.2) is 9.59 Å². The summed E-state index contributed by atoms with van der Waals surface area (Å²) in [5.41, 5.74) is -1.53. The molecule has 3 N–H and O–H groups in total. The fourth-order valence-electron chi connectivity index (χ4n) is 1.64. The van der Waals surface area contributed by atoms with Crippen LogP contribution in [0.5, 0.6) is 0 Å². The average molecular weight is 302 g/mol. The van der Waals surface area contributed by atoms with Crippen molar-refractivity contribution in [3.8, 4) is 0 Å². The largest absolute Gasteiger partial charge is 0.480 e. The number of hydrogen-bond acceptors (Lipinski definition) is 4. The molecule has 20 heavy (non-hydrogen) atoms. The van der Waals surface area contributed by atoms with E-state index in [1.54, 1.807) is 0 Å². The summed E-state index contributed by atoms with van der Waals surface area (Å²) < 4.78 is 0.940. The Morgan fingerprint density at radius 3 is 2.70 bits per heavy atom. The molecule has 0 spiro atoms. The summed E-state index contributed by atoms with van der Waals surface area (Å²) in [7, 11) is 0. The highest BCUT2D eigenvalue weighted by atomic mass is 35.5. The predicted molar refractivity (Wildman–Crippen MR) is 68.6 cm³/mol. The second kappa shape index (κ2) is 5.49. The second-order valence-electron chi connectivity index (χ2n) is 4.56. The van der Waals surface area contributed by atoms with Gasteiger partial charge in [0.2, 0.25) is 5.91 Å². The normalized spacial score (nSPS) is 15.7. The Morgan fingerprint density at radius 1 is 1.50 bits per heavy atom. The van der Waals surface area contributed by atoms with Crippen molar-refractivity contribution in [1.29, 1.82) is 0 Å². The Kier molecular flexibility index (Phi) is 3.93. The molecule has 1 atom stereocenters. The van der Waals surface area contributed by atoms with E-state index >= 15 is 0 Å². The second-order valence-corrected chi connectivity index (χ2v) is 4.97. The van der Waals surface area contributed by atoms with Crippen molar-refractivity contribution >= 4 is 23.5 Å². The number of H-pyrrole nitrogens is 1. The van der Waals surface area contributed by atoms with E-state index in [9.17, 15) is 19.2 Å². The van der Waals surface area contributed by atoms with Crippen LogP contribution in [0, 0.1) is 5.92 Å². The van der Waals surface area contributed by atoms with Crippen molar-refractivity contribution < 1.29 is 14.7 Å². The van der Waals surface area contributed by atoms with Crippen LogP contribution in [0.2, 0.25) is 5.02 Å². The van der Waals surface area contributed by atoms with E-state index in [0.29, 0.717) is 0 Å². The summed E-state index contributed by atoms with van der Waals surface area (Å²) in [6.07, 6.45) is 2.52. The highest BCUT2D eigenvalue weighted by molar-refractivity contribution is 6.30. The summed E-state index contributed by atoms with van der Waals surface area (Å²) >= 11 is 5.58. The van der Waals surface area contributed by atoms with Crippen molar-refractivity contribution in [2.45, 2.75) is 25.4 Å². The van der Waals surface area contributed by atoms with E-state index in [1.165, 1.54) is 0 Å². The van der Waals surface area contributed by atoms with Crippen LogP contribution < -0.4 is 16.6 Å². The van der Waals surface area contributed by atoms with Gasteiger partial charge in [-0.05, 0) is 12.8 Å². The fraction of sp³-hybridized carbons (Fsp3) is 0.455. The Bertz CT molecular complexity index is 661. The summed E-state index contributed by atoms with van der Waals surface area (Å²) in [6, 6.07) is -1.26. The molecule has 1 fully saturated rings. The van der Waals surface area contributed by atoms with Gasteiger partial charge >= 0.3 is 11.7 Å². The number of nitrogens with zero attached hydrogens (tertiary/aromatic N) is 1. The molecule has 1 amide bonds. The van der Waals surface area contributed by atoms with Crippen LogP contribution in [0.15, 0.2) is 15.8 Å². The Morgan fingerprint density at radius 2 is 2.15 bits per heavy atom. The van der Waals surface area contributed by atoms with Crippen LogP contribution in [0.25, 0.3) is 0 Å². The molecule has 1 aromatic rings. The molecule has 1 heterocycles. The molecular weight excluding hydrogens is 290 g/mol. The number of rotatable bonds is 5. The number of carbonyl (C=O) groups is 2. The lowest BCUT2D eigenvalue weighted by atomic mass is 10.2. The molecule has 0 aromatic carbocycles. The van der Waals surface area contributed by atoms with Gasteiger partial charge < -0.3 is 10.4 Å². The van der Waals surface area contributed by atoms with Gasteiger partial charge in [-0.3, -0.25) is 19.1 Å². The Labute approximate surface area is 117 Å². The zero-order chi connectivity index (χ0) is 14.9. The average Bonchev–Trinajstić information content (AvgIpc) is 3.18. The van der Waals surface area contributed by atoms with Crippen LogP contribution in [0.1, 0.15) is 12.8 Å². The third kappa shape index (κ3) is 3.27. The minimum atomic E-state index is -1.27. The lowest BCUT2D eigenvalue weighted by Crippen LogP contribution is -2.46. The number of aliphatic carboxylic acids is 1. The van der Waals surface area contributed by atoms with E-state index in [-0.39, 0.29) is 23.4 Å². The zero-order valence-corrected chi connectivity index (χ0v) is 11.0. The third-order valence-corrected chi connectivity index (χ3v) is 3.18. The van der Waals surface area contributed by atoms with Gasteiger partial charge in [0.25, 0.3) is 5.56 Å². The number of hydrogen-bond donors (Lipinski definition) is 3. The number of carboxylic acids is 1. The number of halogens is 1. The molecule has 8 nitrogen and oxygen atoms in total. The quantitative estimate of drug-likeness (QED) is 0.655. The number of aromatic nitrogens is 2. The topological polar surface area (TPSA) is 121 Å². The predicted octanol–water partition coefficient (Wildman–Crippen LogP) is -0.831. The van der Waals surface area contributed by atoms with Crippen LogP contribution >= 0.6 is 11.6 Å². The maximum Gasteiger partial charge on any atom is 0.328 e. The lowest BCUT2D eigenvalue weighted by molar-refractivity contribution is -0.142. The van der Waals surface area contributed by atoms with E-state index in [1.807, 2.05) is 4.98 Å². The molecule has 0 unspecified atom stereocenters. The molecule has 1 aliphatic carbocycles. The molecule has 1 aromatic heterocycles. The summed E-state index contributed by atoms with van der Waals surface area (Å²) in [5, 5.41) is 11.2. The monoisotopic (exact) mass is 301 g/mol. The highest BCUT2D eigenvalue weighted by Crippen LogP contribution is 2.28. The van der Waals surface area contributed by atoms with Crippen LogP contribution in [-0.2, 0) is 16.1 Å². The van der Waals surface area contributed by atoms with Crippen molar-refractivity contribution in [2.24, 2.45) is 5.92 Å². The van der Waals surface area contributed by atoms with Gasteiger partial charge in [0, 0.05) is 12.1 Å². The molecule has 2 rings (SSSR count). The maximum absolute atomic E-state index is 11.6. The van der Waals surface area contributed by atoms with Gasteiger partial charge in [0.1, 0.15) is 11.1 Å². The number of nitrogens with one attached hydrogen (secondary N) is 2. The van der Waals surface area contributed by atoms with Gasteiger partial charge in [-0.2, -0.15) is 0 Å². The maximum atomic E-state index is 11.6. The summed E-state index contributed by atoms with van der Waals surface area (Å²) in [4.78, 5) is 47.3. The van der Waals surface area contributed by atoms with E-state index in [4.69, 9.17) is 16.7 Å². The molecule has 1 saturated carbocycles. The van der Waals surface area contributed by atoms with E-state index in [2.05, 4.69) is 5.32 Å². The first-order chi connectivity index (χ1) is 9.38. The standard InChI is InChI=1S/C11H12ClN3O5/c12-6-3-15(11(20)14-9(6)17)4-7(10(18)19)13-8(16)5-1-2-5/h3,5,7H,1-2,4H2,(H,13,16)(H,18,19)(H,14,17,20)/t7-/m0/s1. The van der Waals surface area contributed by atoms with E-state index in [0.717, 1.165) is 23.6 Å². The molecule has 9 heteroatoms. The zero-order valence-electron chi connectivity index (χ0n) is 10.3. The number of aromatic amines is 1. The summed E-state index contributed by atoms with van der Waals surface area (Å²) in [6.45, 7) is -0.316. The molecule has 0 radical (unpaired) electrons. The smallest absolute Gasteiger partial charge is 0.328 e. The first-order valence-electron chi connectivity index (χ1n) is 5.91. The van der Waals surface area contributed by atoms with Crippen LogP contribution in [-0.4, -0.2) is 32.6 Å². The molecule has 0 bridgehead atoms. The Balaban J connectivity index is 2.17. The minimum absolute atomic E-state index is 0.146. The minimum Gasteiger partial charge on any atom is -0.480 e. The number of carbonyl (C=O) groups excluding carboxylic acids is 1. The third-order valence-electron chi connectivity index (χ3n) is 2.91. The highest BCUT2D eigenvalue weighted by Gasteiger charge is 2.32.